The molecule has 3 N–H and O–H groups in total. The number of para-hydroxylation sites is 1. The van der Waals surface area contributed by atoms with Gasteiger partial charge in [0.25, 0.3) is 0 Å². The van der Waals surface area contributed by atoms with Gasteiger partial charge in [-0.05, 0) is 26.8 Å². The third-order valence-corrected chi connectivity index (χ3v) is 3.94. The molecule has 1 aliphatic rings. The number of piperazine rings is 1. The first-order valence-corrected chi connectivity index (χ1v) is 8.50. The van der Waals surface area contributed by atoms with E-state index in [-0.39, 0.29) is 36.4 Å². The Hall–Kier alpha value is -1.83. The number of nitrogens with one attached hydrogen (secondary N) is 3. The van der Waals surface area contributed by atoms with Crippen LogP contribution in [0.2, 0.25) is 0 Å². The van der Waals surface area contributed by atoms with Crippen molar-refractivity contribution < 1.29 is 14.3 Å². The first-order valence-electron chi connectivity index (χ1n) is 8.50. The van der Waals surface area contributed by atoms with Crippen LogP contribution in [0.15, 0.2) is 24.3 Å². The SMILES string of the molecule is COc1ccccc1C1CNCCN1CC(=O)NC(=O)NC(C)(C)C.Cl. The standard InChI is InChI=1S/C18H28N4O3.ClH/c1-18(2,3)21-17(24)20-16(23)12-22-10-9-19-11-14(22)13-7-5-6-8-15(13)25-4;/h5-8,14,19H,9-12H2,1-4H3,(H2,20,21,23,24);1H. The molecule has 0 spiro atoms. The molecule has 7 nitrogen and oxygen atoms in total. The maximum absolute atomic E-state index is 12.3. The average molecular weight is 385 g/mol. The summed E-state index contributed by atoms with van der Waals surface area (Å²) in [4.78, 5) is 26.2. The molecule has 1 fully saturated rings. The van der Waals surface area contributed by atoms with Crippen molar-refractivity contribution in [1.82, 2.24) is 20.9 Å². The van der Waals surface area contributed by atoms with Crippen LogP contribution in [0.1, 0.15) is 32.4 Å². The number of hydrogen-bond donors (Lipinski definition) is 3. The maximum atomic E-state index is 12.3. The predicted molar refractivity (Wildman–Crippen MR) is 104 cm³/mol. The molecule has 146 valence electrons. The lowest BCUT2D eigenvalue weighted by Gasteiger charge is -2.36. The van der Waals surface area contributed by atoms with E-state index < -0.39 is 6.03 Å². The predicted octanol–water partition coefficient (Wildman–Crippen LogP) is 1.69. The highest BCUT2D eigenvalue weighted by Crippen LogP contribution is 2.29. The average Bonchev–Trinajstić information content (AvgIpc) is 2.53. The van der Waals surface area contributed by atoms with E-state index in [2.05, 4.69) is 20.9 Å². The van der Waals surface area contributed by atoms with E-state index in [0.29, 0.717) is 0 Å². The molecule has 26 heavy (non-hydrogen) atoms. The van der Waals surface area contributed by atoms with Crippen molar-refractivity contribution in [3.63, 3.8) is 0 Å². The summed E-state index contributed by atoms with van der Waals surface area (Å²) in [5.41, 5.74) is 0.642. The van der Waals surface area contributed by atoms with Gasteiger partial charge in [-0.25, -0.2) is 4.79 Å². The maximum Gasteiger partial charge on any atom is 0.321 e. The second-order valence-electron chi connectivity index (χ2n) is 7.18. The highest BCUT2D eigenvalue weighted by Gasteiger charge is 2.28. The first-order chi connectivity index (χ1) is 11.8. The van der Waals surface area contributed by atoms with E-state index in [1.807, 2.05) is 45.0 Å². The van der Waals surface area contributed by atoms with Crippen LogP contribution in [0, 0.1) is 0 Å². The molecule has 2 rings (SSSR count). The van der Waals surface area contributed by atoms with Gasteiger partial charge in [0.15, 0.2) is 0 Å². The number of carbonyl (C=O) groups is 2. The molecule has 1 aromatic rings. The Labute approximate surface area is 161 Å². The Balaban J connectivity index is 0.00000338. The van der Waals surface area contributed by atoms with Crippen LogP contribution >= 0.6 is 12.4 Å². The fourth-order valence-electron chi connectivity index (χ4n) is 2.91. The van der Waals surface area contributed by atoms with Gasteiger partial charge in [-0.3, -0.25) is 15.0 Å². The highest BCUT2D eigenvalue weighted by molar-refractivity contribution is 5.95. The minimum atomic E-state index is -0.471. The lowest BCUT2D eigenvalue weighted by Crippen LogP contribution is -2.53. The number of ether oxygens (including phenoxy) is 1. The zero-order valence-electron chi connectivity index (χ0n) is 15.8. The number of benzene rings is 1. The number of imide groups is 1. The normalized spacial score (nSPS) is 17.8. The molecular formula is C18H29ClN4O3. The summed E-state index contributed by atoms with van der Waals surface area (Å²) in [6.45, 7) is 8.00. The zero-order valence-corrected chi connectivity index (χ0v) is 16.6. The number of rotatable bonds is 4. The van der Waals surface area contributed by atoms with Crippen LogP contribution in [-0.4, -0.2) is 55.7 Å². The molecule has 3 amide bonds. The summed E-state index contributed by atoms with van der Waals surface area (Å²) in [7, 11) is 1.64. The van der Waals surface area contributed by atoms with E-state index in [1.54, 1.807) is 7.11 Å². The summed E-state index contributed by atoms with van der Waals surface area (Å²) in [5.74, 6) is 0.482. The number of nitrogens with zero attached hydrogens (tertiary/aromatic N) is 1. The molecule has 0 bridgehead atoms. The summed E-state index contributed by atoms with van der Waals surface area (Å²) < 4.78 is 5.45. The van der Waals surface area contributed by atoms with Gasteiger partial charge in [-0.15, -0.1) is 12.4 Å². The monoisotopic (exact) mass is 384 g/mol. The van der Waals surface area contributed by atoms with Crippen LogP contribution in [0.4, 0.5) is 4.79 Å². The Morgan fingerprint density at radius 3 is 2.65 bits per heavy atom. The molecule has 1 atom stereocenters. The van der Waals surface area contributed by atoms with E-state index in [4.69, 9.17) is 4.74 Å². The van der Waals surface area contributed by atoms with Crippen molar-refractivity contribution in [2.24, 2.45) is 0 Å². The molecule has 1 saturated heterocycles. The first kappa shape index (κ1) is 22.2. The van der Waals surface area contributed by atoms with Crippen molar-refractivity contribution in [3.8, 4) is 5.75 Å². The van der Waals surface area contributed by atoms with Crippen LogP contribution in [0.5, 0.6) is 5.75 Å². The van der Waals surface area contributed by atoms with Crippen LogP contribution < -0.4 is 20.7 Å². The molecule has 1 heterocycles. The Kier molecular flexibility index (Phi) is 8.33. The number of amides is 3. The van der Waals surface area contributed by atoms with Gasteiger partial charge in [0, 0.05) is 30.7 Å². The van der Waals surface area contributed by atoms with E-state index >= 15 is 0 Å². The number of halogens is 1. The van der Waals surface area contributed by atoms with Gasteiger partial charge < -0.3 is 15.4 Å². The number of urea groups is 1. The van der Waals surface area contributed by atoms with Crippen molar-refractivity contribution in [3.05, 3.63) is 29.8 Å². The molecule has 1 unspecified atom stereocenters. The highest BCUT2D eigenvalue weighted by atomic mass is 35.5. The van der Waals surface area contributed by atoms with Crippen molar-refractivity contribution in [1.29, 1.82) is 0 Å². The molecule has 8 heteroatoms. The Morgan fingerprint density at radius 2 is 2.00 bits per heavy atom. The smallest absolute Gasteiger partial charge is 0.321 e. The lowest BCUT2D eigenvalue weighted by molar-refractivity contribution is -0.122. The Bertz CT molecular complexity index is 619. The quantitative estimate of drug-likeness (QED) is 0.735. The second kappa shape index (κ2) is 9.75. The van der Waals surface area contributed by atoms with E-state index in [0.717, 1.165) is 30.9 Å². The van der Waals surface area contributed by atoms with Crippen molar-refractivity contribution in [2.45, 2.75) is 32.4 Å². The fraction of sp³-hybridized carbons (Fsp3) is 0.556. The lowest BCUT2D eigenvalue weighted by atomic mass is 10.0. The Morgan fingerprint density at radius 1 is 1.31 bits per heavy atom. The number of hydrogen-bond acceptors (Lipinski definition) is 5. The second-order valence-corrected chi connectivity index (χ2v) is 7.18. The summed E-state index contributed by atoms with van der Waals surface area (Å²) in [5, 5.41) is 8.48. The van der Waals surface area contributed by atoms with Gasteiger partial charge in [0.05, 0.1) is 19.7 Å². The molecular weight excluding hydrogens is 356 g/mol. The summed E-state index contributed by atoms with van der Waals surface area (Å²) >= 11 is 0. The minimum Gasteiger partial charge on any atom is -0.496 e. The zero-order chi connectivity index (χ0) is 18.4. The molecule has 0 aromatic heterocycles. The molecule has 0 aliphatic carbocycles. The van der Waals surface area contributed by atoms with Gasteiger partial charge in [0.2, 0.25) is 5.91 Å². The molecule has 0 radical (unpaired) electrons. The topological polar surface area (TPSA) is 82.7 Å². The van der Waals surface area contributed by atoms with Gasteiger partial charge >= 0.3 is 6.03 Å². The van der Waals surface area contributed by atoms with Crippen LogP contribution in [-0.2, 0) is 4.79 Å². The minimum absolute atomic E-state index is 0. The van der Waals surface area contributed by atoms with Crippen molar-refractivity contribution in [2.75, 3.05) is 33.3 Å². The van der Waals surface area contributed by atoms with Gasteiger partial charge in [-0.1, -0.05) is 18.2 Å². The van der Waals surface area contributed by atoms with Gasteiger partial charge in [0.1, 0.15) is 5.75 Å². The third kappa shape index (κ3) is 6.48. The molecule has 0 saturated carbocycles. The van der Waals surface area contributed by atoms with Crippen LogP contribution in [0.25, 0.3) is 0 Å². The fourth-order valence-corrected chi connectivity index (χ4v) is 2.91. The summed E-state index contributed by atoms with van der Waals surface area (Å²) in [6.07, 6.45) is 0. The van der Waals surface area contributed by atoms with Crippen LogP contribution in [0.3, 0.4) is 0 Å². The van der Waals surface area contributed by atoms with E-state index in [9.17, 15) is 9.59 Å². The van der Waals surface area contributed by atoms with E-state index in [1.165, 1.54) is 0 Å². The third-order valence-electron chi connectivity index (χ3n) is 3.94. The molecule has 1 aromatic carbocycles. The number of methoxy groups -OCH3 is 1. The largest absolute Gasteiger partial charge is 0.496 e. The number of carbonyl (C=O) groups excluding carboxylic acids is 2. The summed E-state index contributed by atoms with van der Waals surface area (Å²) in [6, 6.07) is 7.35. The molecule has 1 aliphatic heterocycles. The van der Waals surface area contributed by atoms with Gasteiger partial charge in [-0.2, -0.15) is 0 Å². The van der Waals surface area contributed by atoms with Crippen molar-refractivity contribution >= 4 is 24.3 Å².